The van der Waals surface area contributed by atoms with Gasteiger partial charge in [0.1, 0.15) is 11.6 Å². The smallest absolute Gasteiger partial charge is 0.174 e. The molecular formula is C29H31N5OS. The molecule has 0 aliphatic carbocycles. The van der Waals surface area contributed by atoms with Crippen molar-refractivity contribution in [3.63, 3.8) is 0 Å². The lowest BCUT2D eigenvalue weighted by atomic mass is 9.96. The number of pyridine rings is 2. The molecule has 3 aromatic heterocycles. The van der Waals surface area contributed by atoms with E-state index in [0.717, 1.165) is 34.3 Å². The normalized spacial score (nSPS) is 17.5. The minimum Gasteiger partial charge on any atom is -0.491 e. The Bertz CT molecular complexity index is 1380. The molecule has 184 valence electrons. The number of aryl methyl sites for hydroxylation is 2. The maximum Gasteiger partial charge on any atom is 0.174 e. The van der Waals surface area contributed by atoms with Gasteiger partial charge in [-0.1, -0.05) is 6.07 Å². The molecule has 0 spiro atoms. The van der Waals surface area contributed by atoms with Gasteiger partial charge < -0.3 is 19.5 Å². The molecule has 0 radical (unpaired) electrons. The van der Waals surface area contributed by atoms with Crippen molar-refractivity contribution in [3.8, 4) is 11.6 Å². The maximum atomic E-state index is 5.91. The number of ether oxygens (including phenoxy) is 1. The molecule has 7 heteroatoms. The molecule has 0 bridgehead atoms. The Morgan fingerprint density at radius 2 is 1.72 bits per heavy atom. The van der Waals surface area contributed by atoms with E-state index < -0.39 is 0 Å². The highest BCUT2D eigenvalue weighted by Crippen LogP contribution is 2.44. The lowest BCUT2D eigenvalue weighted by Gasteiger charge is -2.28. The third-order valence-electron chi connectivity index (χ3n) is 6.50. The molecule has 1 fully saturated rings. The number of benzene rings is 1. The van der Waals surface area contributed by atoms with E-state index in [4.69, 9.17) is 17.0 Å². The predicted molar refractivity (Wildman–Crippen MR) is 148 cm³/mol. The molecule has 0 amide bonds. The second-order valence-electron chi connectivity index (χ2n) is 9.51. The fraction of sp³-hybridized carbons (Fsp3) is 0.276. The SMILES string of the molecule is Cc1ccnc(-n2c(C)cc([C@H]3[C@H](c4ccccn4)NC(=S)N3c3ccc(OC(C)C)cc3)c2C)c1. The highest BCUT2D eigenvalue weighted by Gasteiger charge is 2.42. The van der Waals surface area contributed by atoms with Crippen LogP contribution in [-0.4, -0.2) is 25.8 Å². The third-order valence-corrected chi connectivity index (χ3v) is 6.82. The van der Waals surface area contributed by atoms with Crippen LogP contribution in [0.5, 0.6) is 5.75 Å². The lowest BCUT2D eigenvalue weighted by Crippen LogP contribution is -2.29. The van der Waals surface area contributed by atoms with E-state index in [0.29, 0.717) is 5.11 Å². The summed E-state index contributed by atoms with van der Waals surface area (Å²) in [5.74, 6) is 1.76. The van der Waals surface area contributed by atoms with E-state index in [-0.39, 0.29) is 18.2 Å². The first-order valence-electron chi connectivity index (χ1n) is 12.2. The quantitative estimate of drug-likeness (QED) is 0.322. The van der Waals surface area contributed by atoms with Gasteiger partial charge in [-0.05, 0) is 113 Å². The monoisotopic (exact) mass is 497 g/mol. The van der Waals surface area contributed by atoms with E-state index in [1.54, 1.807) is 0 Å². The largest absolute Gasteiger partial charge is 0.491 e. The summed E-state index contributed by atoms with van der Waals surface area (Å²) < 4.78 is 8.09. The molecule has 5 rings (SSSR count). The zero-order chi connectivity index (χ0) is 25.4. The Balaban J connectivity index is 1.63. The number of nitrogens with zero attached hydrogens (tertiary/aromatic N) is 4. The molecule has 4 heterocycles. The molecule has 0 unspecified atom stereocenters. The van der Waals surface area contributed by atoms with Crippen LogP contribution in [-0.2, 0) is 0 Å². The van der Waals surface area contributed by atoms with Crippen molar-refractivity contribution >= 4 is 23.0 Å². The molecule has 36 heavy (non-hydrogen) atoms. The molecule has 1 saturated heterocycles. The summed E-state index contributed by atoms with van der Waals surface area (Å²) in [4.78, 5) is 11.5. The van der Waals surface area contributed by atoms with Gasteiger partial charge in [0.15, 0.2) is 5.11 Å². The maximum absolute atomic E-state index is 5.91. The summed E-state index contributed by atoms with van der Waals surface area (Å²) in [6.45, 7) is 10.4. The van der Waals surface area contributed by atoms with Gasteiger partial charge in [-0.2, -0.15) is 0 Å². The predicted octanol–water partition coefficient (Wildman–Crippen LogP) is 6.16. The second kappa shape index (κ2) is 9.74. The summed E-state index contributed by atoms with van der Waals surface area (Å²) in [7, 11) is 0. The van der Waals surface area contributed by atoms with Crippen LogP contribution in [0.3, 0.4) is 0 Å². The number of anilines is 1. The fourth-order valence-corrected chi connectivity index (χ4v) is 5.33. The van der Waals surface area contributed by atoms with Crippen LogP contribution in [0, 0.1) is 20.8 Å². The highest BCUT2D eigenvalue weighted by atomic mass is 32.1. The lowest BCUT2D eigenvalue weighted by molar-refractivity contribution is 0.242. The molecule has 2 atom stereocenters. The van der Waals surface area contributed by atoms with E-state index in [2.05, 4.69) is 75.9 Å². The van der Waals surface area contributed by atoms with Gasteiger partial charge in [0.2, 0.25) is 0 Å². The summed E-state index contributed by atoms with van der Waals surface area (Å²) in [5.41, 5.74) is 6.57. The Morgan fingerprint density at radius 3 is 2.39 bits per heavy atom. The van der Waals surface area contributed by atoms with E-state index in [9.17, 15) is 0 Å². The Morgan fingerprint density at radius 1 is 0.944 bits per heavy atom. The first-order valence-corrected chi connectivity index (χ1v) is 12.6. The average molecular weight is 498 g/mol. The Hall–Kier alpha value is -3.71. The first kappa shape index (κ1) is 24.0. The van der Waals surface area contributed by atoms with Crippen LogP contribution in [0.4, 0.5) is 5.69 Å². The van der Waals surface area contributed by atoms with Gasteiger partial charge in [-0.25, -0.2) is 4.98 Å². The van der Waals surface area contributed by atoms with Crippen molar-refractivity contribution in [3.05, 3.63) is 101 Å². The molecule has 6 nitrogen and oxygen atoms in total. The highest BCUT2D eigenvalue weighted by molar-refractivity contribution is 7.80. The molecule has 1 N–H and O–H groups in total. The molecule has 1 aliphatic heterocycles. The summed E-state index contributed by atoms with van der Waals surface area (Å²) in [6, 6.07) is 20.3. The van der Waals surface area contributed by atoms with E-state index in [1.165, 1.54) is 11.1 Å². The van der Waals surface area contributed by atoms with Gasteiger partial charge in [-0.3, -0.25) is 4.98 Å². The van der Waals surface area contributed by atoms with Gasteiger partial charge >= 0.3 is 0 Å². The van der Waals surface area contributed by atoms with Crippen LogP contribution in [0.25, 0.3) is 5.82 Å². The molecular weight excluding hydrogens is 466 g/mol. The van der Waals surface area contributed by atoms with Crippen LogP contribution in [0.2, 0.25) is 0 Å². The van der Waals surface area contributed by atoms with Gasteiger partial charge in [0, 0.05) is 29.5 Å². The number of hydrogen-bond acceptors (Lipinski definition) is 4. The zero-order valence-electron chi connectivity index (χ0n) is 21.3. The van der Waals surface area contributed by atoms with Crippen molar-refractivity contribution in [1.82, 2.24) is 19.9 Å². The van der Waals surface area contributed by atoms with Crippen LogP contribution in [0.15, 0.2) is 73.1 Å². The number of hydrogen-bond donors (Lipinski definition) is 1. The number of rotatable bonds is 6. The van der Waals surface area contributed by atoms with Gasteiger partial charge in [-0.15, -0.1) is 0 Å². The number of nitrogens with one attached hydrogen (secondary N) is 1. The van der Waals surface area contributed by atoms with Crippen LogP contribution < -0.4 is 15.0 Å². The summed E-state index contributed by atoms with van der Waals surface area (Å²) in [6.07, 6.45) is 3.81. The standard InChI is InChI=1S/C29H31N5OS/c1-18(2)35-23-11-9-22(10-12-23)34-28(27(32-29(34)36)25-8-6-7-14-30-25)24-17-20(4)33(21(24)5)26-16-19(3)13-15-31-26/h6-18,27-28H,1-5H3,(H,32,36)/t27-,28-/m0/s1. The fourth-order valence-electron chi connectivity index (χ4n) is 4.99. The van der Waals surface area contributed by atoms with Crippen molar-refractivity contribution in [1.29, 1.82) is 0 Å². The third kappa shape index (κ3) is 4.46. The van der Waals surface area contributed by atoms with Gasteiger partial charge in [0.05, 0.1) is 23.9 Å². The van der Waals surface area contributed by atoms with E-state index in [1.807, 2.05) is 56.6 Å². The van der Waals surface area contributed by atoms with Gasteiger partial charge in [0.25, 0.3) is 0 Å². The topological polar surface area (TPSA) is 55.2 Å². The zero-order valence-corrected chi connectivity index (χ0v) is 22.1. The Kier molecular flexibility index (Phi) is 6.49. The summed E-state index contributed by atoms with van der Waals surface area (Å²) in [5, 5.41) is 4.23. The Labute approximate surface area is 218 Å². The molecule has 0 saturated carbocycles. The van der Waals surface area contributed by atoms with Crippen molar-refractivity contribution in [2.45, 2.75) is 52.8 Å². The average Bonchev–Trinajstić information content (AvgIpc) is 3.35. The minimum absolute atomic E-state index is 0.0889. The molecule has 1 aromatic carbocycles. The van der Waals surface area contributed by atoms with Crippen molar-refractivity contribution in [2.24, 2.45) is 0 Å². The molecule has 1 aliphatic rings. The van der Waals surface area contributed by atoms with Crippen molar-refractivity contribution < 1.29 is 4.74 Å². The number of thiocarbonyl (C=S) groups is 1. The van der Waals surface area contributed by atoms with Crippen LogP contribution in [0.1, 0.15) is 54.1 Å². The first-order chi connectivity index (χ1) is 17.3. The van der Waals surface area contributed by atoms with Crippen LogP contribution >= 0.6 is 12.2 Å². The van der Waals surface area contributed by atoms with Crippen molar-refractivity contribution in [2.75, 3.05) is 4.90 Å². The second-order valence-corrected chi connectivity index (χ2v) is 9.90. The molecule has 4 aromatic rings. The minimum atomic E-state index is -0.107. The summed E-state index contributed by atoms with van der Waals surface area (Å²) >= 11 is 5.91. The number of aromatic nitrogens is 3. The van der Waals surface area contributed by atoms with E-state index >= 15 is 0 Å².